The van der Waals surface area contributed by atoms with Gasteiger partial charge in [-0.3, -0.25) is 9.69 Å². The van der Waals surface area contributed by atoms with Crippen molar-refractivity contribution in [2.24, 2.45) is 0 Å². The topological polar surface area (TPSA) is 79.6 Å². The molecule has 0 aromatic heterocycles. The van der Waals surface area contributed by atoms with Crippen LogP contribution in [0, 0.1) is 11.3 Å². The van der Waals surface area contributed by atoms with Crippen LogP contribution in [-0.2, 0) is 4.79 Å². The zero-order valence-electron chi connectivity index (χ0n) is 14.7. The molecule has 1 amide bonds. The largest absolute Gasteiger partial charge is 0.506 e. The first-order valence-corrected chi connectivity index (χ1v) is 8.66. The number of nitriles is 1. The normalized spacial score (nSPS) is 15.9. The summed E-state index contributed by atoms with van der Waals surface area (Å²) in [5.74, 6) is 0.195. The number of aromatic hydroxyl groups is 1. The van der Waals surface area contributed by atoms with Gasteiger partial charge in [0.2, 0.25) is 5.91 Å². The molecule has 1 aliphatic rings. The minimum absolute atomic E-state index is 0.0869. The van der Waals surface area contributed by atoms with E-state index in [0.29, 0.717) is 11.3 Å². The highest BCUT2D eigenvalue weighted by Gasteiger charge is 2.26. The number of nitrogens with zero attached hydrogens (tertiary/aromatic N) is 3. The lowest BCUT2D eigenvalue weighted by Crippen LogP contribution is -2.52. The van der Waals surface area contributed by atoms with Gasteiger partial charge in [0.05, 0.1) is 23.4 Å². The maximum Gasteiger partial charge on any atom is 0.241 e. The minimum atomic E-state index is -0.271. The lowest BCUT2D eigenvalue weighted by atomic mass is 10.1. The highest BCUT2D eigenvalue weighted by molar-refractivity contribution is 5.94. The summed E-state index contributed by atoms with van der Waals surface area (Å²) in [7, 11) is 0. The van der Waals surface area contributed by atoms with E-state index in [1.807, 2.05) is 25.1 Å². The molecule has 0 aliphatic carbocycles. The van der Waals surface area contributed by atoms with Crippen molar-refractivity contribution < 1.29 is 9.90 Å². The quantitative estimate of drug-likeness (QED) is 0.885. The molecule has 1 saturated heterocycles. The Hall–Kier alpha value is -3.04. The molecule has 0 unspecified atom stereocenters. The highest BCUT2D eigenvalue weighted by Crippen LogP contribution is 2.27. The summed E-state index contributed by atoms with van der Waals surface area (Å²) in [6.45, 7) is 4.86. The number of anilines is 2. The van der Waals surface area contributed by atoms with Gasteiger partial charge < -0.3 is 15.3 Å². The summed E-state index contributed by atoms with van der Waals surface area (Å²) in [4.78, 5) is 16.8. The second-order valence-electron chi connectivity index (χ2n) is 6.37. The van der Waals surface area contributed by atoms with Gasteiger partial charge >= 0.3 is 0 Å². The second-order valence-corrected chi connectivity index (χ2v) is 6.37. The zero-order valence-corrected chi connectivity index (χ0v) is 14.7. The molecule has 26 heavy (non-hydrogen) atoms. The molecule has 1 aliphatic heterocycles. The van der Waals surface area contributed by atoms with E-state index in [4.69, 9.17) is 5.26 Å². The van der Waals surface area contributed by atoms with Crippen molar-refractivity contribution in [3.05, 3.63) is 54.1 Å². The van der Waals surface area contributed by atoms with Gasteiger partial charge in [-0.2, -0.15) is 5.26 Å². The van der Waals surface area contributed by atoms with Crippen molar-refractivity contribution in [2.45, 2.75) is 13.0 Å². The minimum Gasteiger partial charge on any atom is -0.506 e. The number of rotatable bonds is 4. The Morgan fingerprint density at radius 1 is 1.15 bits per heavy atom. The summed E-state index contributed by atoms with van der Waals surface area (Å²) in [5.41, 5.74) is 1.98. The van der Waals surface area contributed by atoms with Crippen LogP contribution in [0.1, 0.15) is 12.5 Å². The Labute approximate surface area is 153 Å². The predicted octanol–water partition coefficient (Wildman–Crippen LogP) is 2.41. The molecule has 2 aromatic rings. The molecule has 6 nitrogen and oxygen atoms in total. The molecular formula is C20H22N4O2. The fourth-order valence-electron chi connectivity index (χ4n) is 3.16. The van der Waals surface area contributed by atoms with Gasteiger partial charge in [0.25, 0.3) is 0 Å². The Bertz CT molecular complexity index is 823. The SMILES string of the molecule is C[C@H](C(=O)Nc1cccc(C#N)c1)N1CCN(c2ccccc2O)CC1. The van der Waals surface area contributed by atoms with Gasteiger partial charge in [-0.15, -0.1) is 0 Å². The Morgan fingerprint density at radius 2 is 1.88 bits per heavy atom. The van der Waals surface area contributed by atoms with E-state index >= 15 is 0 Å². The van der Waals surface area contributed by atoms with E-state index in [9.17, 15) is 9.90 Å². The van der Waals surface area contributed by atoms with Crippen LogP contribution in [0.25, 0.3) is 0 Å². The van der Waals surface area contributed by atoms with E-state index in [1.54, 1.807) is 30.3 Å². The molecular weight excluding hydrogens is 328 g/mol. The number of phenolic OH excluding ortho intramolecular Hbond substituents is 1. The molecule has 0 spiro atoms. The summed E-state index contributed by atoms with van der Waals surface area (Å²) in [5, 5.41) is 21.8. The number of nitrogens with one attached hydrogen (secondary N) is 1. The number of para-hydroxylation sites is 2. The molecule has 2 N–H and O–H groups in total. The third-order valence-electron chi connectivity index (χ3n) is 4.72. The first-order valence-electron chi connectivity index (χ1n) is 8.66. The molecule has 2 aromatic carbocycles. The van der Waals surface area contributed by atoms with E-state index in [-0.39, 0.29) is 17.7 Å². The van der Waals surface area contributed by atoms with Crippen LogP contribution < -0.4 is 10.2 Å². The highest BCUT2D eigenvalue weighted by atomic mass is 16.3. The first-order chi connectivity index (χ1) is 12.6. The maximum atomic E-state index is 12.5. The van der Waals surface area contributed by atoms with Crippen LogP contribution in [0.5, 0.6) is 5.75 Å². The van der Waals surface area contributed by atoms with Crippen molar-refractivity contribution in [3.63, 3.8) is 0 Å². The fraction of sp³-hybridized carbons (Fsp3) is 0.300. The third-order valence-corrected chi connectivity index (χ3v) is 4.72. The predicted molar refractivity (Wildman–Crippen MR) is 101 cm³/mol. The summed E-state index contributed by atoms with van der Waals surface area (Å²) in [6, 6.07) is 16.0. The number of carbonyl (C=O) groups is 1. The van der Waals surface area contributed by atoms with Crippen LogP contribution >= 0.6 is 0 Å². The number of benzene rings is 2. The molecule has 1 fully saturated rings. The molecule has 0 bridgehead atoms. The van der Waals surface area contributed by atoms with Crippen molar-refractivity contribution in [1.82, 2.24) is 4.90 Å². The monoisotopic (exact) mass is 350 g/mol. The standard InChI is InChI=1S/C20H22N4O2/c1-15(20(26)22-17-6-4-5-16(13-17)14-21)23-9-11-24(12-10-23)18-7-2-3-8-19(18)25/h2-8,13,15,25H,9-12H2,1H3,(H,22,26)/t15-/m1/s1. The van der Waals surface area contributed by atoms with Gasteiger partial charge in [-0.05, 0) is 37.3 Å². The van der Waals surface area contributed by atoms with Crippen molar-refractivity contribution in [1.29, 1.82) is 5.26 Å². The fourth-order valence-corrected chi connectivity index (χ4v) is 3.16. The average molecular weight is 350 g/mol. The number of hydrogen-bond acceptors (Lipinski definition) is 5. The zero-order chi connectivity index (χ0) is 18.5. The van der Waals surface area contributed by atoms with Crippen LogP contribution in [0.4, 0.5) is 11.4 Å². The molecule has 1 atom stereocenters. The Kier molecular flexibility index (Phi) is 5.40. The second kappa shape index (κ2) is 7.89. The number of hydrogen-bond donors (Lipinski definition) is 2. The van der Waals surface area contributed by atoms with Crippen LogP contribution in [0.3, 0.4) is 0 Å². The van der Waals surface area contributed by atoms with Gasteiger partial charge in [0, 0.05) is 31.9 Å². The summed E-state index contributed by atoms with van der Waals surface area (Å²) < 4.78 is 0. The van der Waals surface area contributed by atoms with Gasteiger partial charge in [0.1, 0.15) is 5.75 Å². The van der Waals surface area contributed by atoms with E-state index in [0.717, 1.165) is 31.9 Å². The lowest BCUT2D eigenvalue weighted by Gasteiger charge is -2.38. The van der Waals surface area contributed by atoms with Gasteiger partial charge in [-0.1, -0.05) is 18.2 Å². The first kappa shape index (κ1) is 17.8. The van der Waals surface area contributed by atoms with E-state index in [2.05, 4.69) is 21.2 Å². The summed E-state index contributed by atoms with van der Waals surface area (Å²) in [6.07, 6.45) is 0. The smallest absolute Gasteiger partial charge is 0.241 e. The van der Waals surface area contributed by atoms with Gasteiger partial charge in [0.15, 0.2) is 0 Å². The molecule has 0 saturated carbocycles. The molecule has 6 heteroatoms. The van der Waals surface area contributed by atoms with Crippen LogP contribution in [-0.4, -0.2) is 48.1 Å². The average Bonchev–Trinajstić information content (AvgIpc) is 2.68. The van der Waals surface area contributed by atoms with Crippen molar-refractivity contribution in [2.75, 3.05) is 36.4 Å². The molecule has 134 valence electrons. The van der Waals surface area contributed by atoms with Crippen LogP contribution in [0.15, 0.2) is 48.5 Å². The Balaban J connectivity index is 1.57. The maximum absolute atomic E-state index is 12.5. The van der Waals surface area contributed by atoms with Crippen LogP contribution in [0.2, 0.25) is 0 Å². The van der Waals surface area contributed by atoms with Crippen molar-refractivity contribution in [3.8, 4) is 11.8 Å². The molecule has 1 heterocycles. The molecule has 0 radical (unpaired) electrons. The van der Waals surface area contributed by atoms with Gasteiger partial charge in [-0.25, -0.2) is 0 Å². The third kappa shape index (κ3) is 3.95. The lowest BCUT2D eigenvalue weighted by molar-refractivity contribution is -0.120. The van der Waals surface area contributed by atoms with E-state index < -0.39 is 0 Å². The van der Waals surface area contributed by atoms with Crippen molar-refractivity contribution >= 4 is 17.3 Å². The van der Waals surface area contributed by atoms with E-state index in [1.165, 1.54) is 0 Å². The number of amides is 1. The number of piperazine rings is 1. The Morgan fingerprint density at radius 3 is 2.58 bits per heavy atom. The number of phenols is 1. The number of carbonyl (C=O) groups excluding carboxylic acids is 1. The summed E-state index contributed by atoms with van der Waals surface area (Å²) >= 11 is 0. The molecule has 3 rings (SSSR count).